The van der Waals surface area contributed by atoms with Crippen LogP contribution in [0.15, 0.2) is 0 Å². The number of rotatable bonds is 7. The molecule has 0 radical (unpaired) electrons. The third-order valence-electron chi connectivity index (χ3n) is 3.63. The summed E-state index contributed by atoms with van der Waals surface area (Å²) >= 11 is 0. The number of hydrogen-bond acceptors (Lipinski definition) is 4. The summed E-state index contributed by atoms with van der Waals surface area (Å²) in [5, 5.41) is 12.8. The van der Waals surface area contributed by atoms with Gasteiger partial charge in [0.1, 0.15) is 5.54 Å². The summed E-state index contributed by atoms with van der Waals surface area (Å²) < 4.78 is 11.2. The minimum Gasteiger partial charge on any atom is -0.376 e. The smallest absolute Gasteiger partial charge is 0.109 e. The second kappa shape index (κ2) is 6.01. The lowest BCUT2D eigenvalue weighted by molar-refractivity contribution is -0.0114. The summed E-state index contributed by atoms with van der Waals surface area (Å²) in [6, 6.07) is 3.04. The van der Waals surface area contributed by atoms with Crippen molar-refractivity contribution in [2.45, 2.75) is 69.7 Å². The number of nitriles is 1. The molecular formula is C14H24N2O2. The highest BCUT2D eigenvalue weighted by Crippen LogP contribution is 2.34. The van der Waals surface area contributed by atoms with E-state index in [4.69, 9.17) is 9.47 Å². The van der Waals surface area contributed by atoms with Gasteiger partial charge in [0.25, 0.3) is 0 Å². The third kappa shape index (κ3) is 3.94. The van der Waals surface area contributed by atoms with Crippen LogP contribution in [0, 0.1) is 11.3 Å². The van der Waals surface area contributed by atoms with Crippen molar-refractivity contribution in [3.8, 4) is 6.07 Å². The fourth-order valence-corrected chi connectivity index (χ4v) is 2.52. The van der Waals surface area contributed by atoms with Crippen molar-refractivity contribution in [1.82, 2.24) is 5.32 Å². The van der Waals surface area contributed by atoms with Crippen LogP contribution < -0.4 is 5.32 Å². The summed E-state index contributed by atoms with van der Waals surface area (Å²) in [5.41, 5.74) is -0.329. The first kappa shape index (κ1) is 13.8. The van der Waals surface area contributed by atoms with E-state index in [0.717, 1.165) is 19.3 Å². The van der Waals surface area contributed by atoms with E-state index in [1.165, 1.54) is 12.8 Å². The highest BCUT2D eigenvalue weighted by molar-refractivity contribution is 5.14. The molecule has 0 aromatic heterocycles. The maximum atomic E-state index is 9.36. The molecule has 0 bridgehead atoms. The van der Waals surface area contributed by atoms with Crippen LogP contribution in [0.2, 0.25) is 0 Å². The summed E-state index contributed by atoms with van der Waals surface area (Å²) in [5.74, 6) is 0. The van der Waals surface area contributed by atoms with Crippen molar-refractivity contribution in [2.24, 2.45) is 0 Å². The standard InChI is InChI=1S/C14H24N2O2/c1-11(2)17-7-8-18-13-5-6-14(9-13,10-15)16-12-3-4-12/h11-13,16H,3-9H2,1-2H3. The van der Waals surface area contributed by atoms with Gasteiger partial charge >= 0.3 is 0 Å². The number of ether oxygens (including phenoxy) is 2. The Kier molecular flexibility index (Phi) is 4.60. The Labute approximate surface area is 110 Å². The largest absolute Gasteiger partial charge is 0.376 e. The van der Waals surface area contributed by atoms with E-state index in [-0.39, 0.29) is 17.7 Å². The predicted octanol–water partition coefficient (Wildman–Crippen LogP) is 1.99. The quantitative estimate of drug-likeness (QED) is 0.704. The summed E-state index contributed by atoms with van der Waals surface area (Å²) in [4.78, 5) is 0. The molecule has 4 heteroatoms. The lowest BCUT2D eigenvalue weighted by Crippen LogP contribution is -2.43. The first-order chi connectivity index (χ1) is 8.63. The van der Waals surface area contributed by atoms with Gasteiger partial charge in [-0.15, -0.1) is 0 Å². The molecule has 0 spiro atoms. The maximum absolute atomic E-state index is 9.36. The van der Waals surface area contributed by atoms with E-state index in [1.54, 1.807) is 0 Å². The molecule has 2 rings (SSSR count). The van der Waals surface area contributed by atoms with E-state index in [2.05, 4.69) is 11.4 Å². The van der Waals surface area contributed by atoms with E-state index >= 15 is 0 Å². The van der Waals surface area contributed by atoms with Crippen molar-refractivity contribution < 1.29 is 9.47 Å². The summed E-state index contributed by atoms with van der Waals surface area (Å²) in [6.07, 6.45) is 5.62. The van der Waals surface area contributed by atoms with Crippen LogP contribution in [0.5, 0.6) is 0 Å². The molecule has 1 N–H and O–H groups in total. The minimum atomic E-state index is -0.329. The van der Waals surface area contributed by atoms with E-state index in [1.807, 2.05) is 13.8 Å². The summed E-state index contributed by atoms with van der Waals surface area (Å²) in [6.45, 7) is 5.32. The Morgan fingerprint density at radius 3 is 2.72 bits per heavy atom. The average molecular weight is 252 g/mol. The Balaban J connectivity index is 1.68. The molecule has 2 fully saturated rings. The van der Waals surface area contributed by atoms with Crippen molar-refractivity contribution >= 4 is 0 Å². The van der Waals surface area contributed by atoms with Gasteiger partial charge in [-0.2, -0.15) is 5.26 Å². The van der Waals surface area contributed by atoms with Crippen LogP contribution >= 0.6 is 0 Å². The second-order valence-electron chi connectivity index (χ2n) is 5.77. The molecule has 18 heavy (non-hydrogen) atoms. The monoisotopic (exact) mass is 252 g/mol. The Morgan fingerprint density at radius 1 is 1.33 bits per heavy atom. The molecule has 102 valence electrons. The zero-order valence-electron chi connectivity index (χ0n) is 11.4. The van der Waals surface area contributed by atoms with Crippen molar-refractivity contribution in [3.63, 3.8) is 0 Å². The third-order valence-corrected chi connectivity index (χ3v) is 3.63. The number of nitrogens with one attached hydrogen (secondary N) is 1. The van der Waals surface area contributed by atoms with Crippen molar-refractivity contribution in [3.05, 3.63) is 0 Å². The maximum Gasteiger partial charge on any atom is 0.109 e. The molecule has 2 unspecified atom stereocenters. The highest BCUT2D eigenvalue weighted by Gasteiger charge is 2.43. The molecule has 2 saturated carbocycles. The number of nitrogens with zero attached hydrogens (tertiary/aromatic N) is 1. The molecule has 2 atom stereocenters. The fraction of sp³-hybridized carbons (Fsp3) is 0.929. The molecule has 0 heterocycles. The van der Waals surface area contributed by atoms with Crippen LogP contribution in [0.4, 0.5) is 0 Å². The van der Waals surface area contributed by atoms with E-state index in [9.17, 15) is 5.26 Å². The van der Waals surface area contributed by atoms with Crippen LogP contribution in [0.1, 0.15) is 46.0 Å². The first-order valence-corrected chi connectivity index (χ1v) is 7.06. The number of hydrogen-bond donors (Lipinski definition) is 1. The molecule has 0 saturated heterocycles. The lowest BCUT2D eigenvalue weighted by Gasteiger charge is -2.22. The first-order valence-electron chi connectivity index (χ1n) is 7.06. The molecule has 2 aliphatic carbocycles. The van der Waals surface area contributed by atoms with E-state index in [0.29, 0.717) is 19.3 Å². The molecule has 2 aliphatic rings. The second-order valence-corrected chi connectivity index (χ2v) is 5.77. The van der Waals surface area contributed by atoms with Crippen molar-refractivity contribution in [1.29, 1.82) is 5.26 Å². The van der Waals surface area contributed by atoms with Gasteiger partial charge in [0.15, 0.2) is 0 Å². The molecule has 0 aliphatic heterocycles. The molecule has 0 aromatic rings. The average Bonchev–Trinajstić information content (AvgIpc) is 3.05. The Hall–Kier alpha value is -0.630. The SMILES string of the molecule is CC(C)OCCOC1CCC(C#N)(NC2CC2)C1. The van der Waals surface area contributed by atoms with Crippen molar-refractivity contribution in [2.75, 3.05) is 13.2 Å². The molecule has 0 amide bonds. The van der Waals surface area contributed by atoms with Gasteiger partial charge in [-0.25, -0.2) is 0 Å². The minimum absolute atomic E-state index is 0.215. The zero-order chi connectivity index (χ0) is 13.0. The van der Waals surface area contributed by atoms with E-state index < -0.39 is 0 Å². The zero-order valence-corrected chi connectivity index (χ0v) is 11.4. The van der Waals surface area contributed by atoms with Gasteiger partial charge in [-0.1, -0.05) is 0 Å². The normalized spacial score (nSPS) is 31.8. The van der Waals surface area contributed by atoms with Crippen LogP contribution in [0.3, 0.4) is 0 Å². The van der Waals surface area contributed by atoms with Crippen LogP contribution in [-0.4, -0.2) is 37.0 Å². The topological polar surface area (TPSA) is 54.3 Å². The van der Waals surface area contributed by atoms with Crippen LogP contribution in [0.25, 0.3) is 0 Å². The van der Waals surface area contributed by atoms with Gasteiger partial charge < -0.3 is 9.47 Å². The highest BCUT2D eigenvalue weighted by atomic mass is 16.5. The Morgan fingerprint density at radius 2 is 2.11 bits per heavy atom. The fourth-order valence-electron chi connectivity index (χ4n) is 2.52. The molecule has 0 aromatic carbocycles. The Bertz CT molecular complexity index is 309. The van der Waals surface area contributed by atoms with Gasteiger partial charge in [0.2, 0.25) is 0 Å². The van der Waals surface area contributed by atoms with Crippen LogP contribution in [-0.2, 0) is 9.47 Å². The predicted molar refractivity (Wildman–Crippen MR) is 69.2 cm³/mol. The summed E-state index contributed by atoms with van der Waals surface area (Å²) in [7, 11) is 0. The van der Waals surface area contributed by atoms with Gasteiger partial charge in [-0.05, 0) is 39.5 Å². The van der Waals surface area contributed by atoms with Gasteiger partial charge in [0, 0.05) is 12.5 Å². The molecular weight excluding hydrogens is 228 g/mol. The lowest BCUT2D eigenvalue weighted by atomic mass is 9.99. The van der Waals surface area contributed by atoms with Gasteiger partial charge in [-0.3, -0.25) is 5.32 Å². The molecule has 4 nitrogen and oxygen atoms in total. The van der Waals surface area contributed by atoms with Gasteiger partial charge in [0.05, 0.1) is 31.5 Å².